The molecule has 0 spiro atoms. The van der Waals surface area contributed by atoms with Gasteiger partial charge in [-0.15, -0.1) is 10.2 Å². The Bertz CT molecular complexity index is 1000. The van der Waals surface area contributed by atoms with Crippen LogP contribution in [0.25, 0.3) is 16.5 Å². The van der Waals surface area contributed by atoms with Crippen molar-refractivity contribution in [1.82, 2.24) is 29.8 Å². The van der Waals surface area contributed by atoms with Gasteiger partial charge in [-0.2, -0.15) is 9.61 Å². The Labute approximate surface area is 156 Å². The lowest BCUT2D eigenvalue weighted by Crippen LogP contribution is -2.00. The number of rotatable bonds is 5. The summed E-state index contributed by atoms with van der Waals surface area (Å²) in [5.74, 6) is 1.48. The molecule has 26 heavy (non-hydrogen) atoms. The summed E-state index contributed by atoms with van der Waals surface area (Å²) >= 11 is 1.56. The summed E-state index contributed by atoms with van der Waals surface area (Å²) in [4.78, 5) is 9.16. The van der Waals surface area contributed by atoms with Crippen LogP contribution >= 0.6 is 11.3 Å². The highest BCUT2D eigenvalue weighted by atomic mass is 32.1. The molecule has 4 aromatic rings. The van der Waals surface area contributed by atoms with Gasteiger partial charge in [0.15, 0.2) is 0 Å². The lowest BCUT2D eigenvalue weighted by Gasteiger charge is -2.10. The molecule has 0 aliphatic rings. The lowest BCUT2D eigenvalue weighted by atomic mass is 9.97. The van der Waals surface area contributed by atoms with E-state index in [0.29, 0.717) is 17.4 Å². The predicted octanol–water partition coefficient (Wildman–Crippen LogP) is 3.99. The van der Waals surface area contributed by atoms with Crippen LogP contribution in [0.4, 0.5) is 0 Å². The zero-order chi connectivity index (χ0) is 18.1. The molecule has 0 radical (unpaired) electrons. The smallest absolute Gasteiger partial charge is 0.235 e. The zero-order valence-electron chi connectivity index (χ0n) is 15.0. The molecule has 4 rings (SSSR count). The van der Waals surface area contributed by atoms with Crippen molar-refractivity contribution in [1.29, 1.82) is 0 Å². The predicted molar refractivity (Wildman–Crippen MR) is 102 cm³/mol. The molecule has 0 N–H and O–H groups in total. The van der Waals surface area contributed by atoms with Gasteiger partial charge >= 0.3 is 0 Å². The van der Waals surface area contributed by atoms with Gasteiger partial charge in [-0.3, -0.25) is 4.98 Å². The minimum atomic E-state index is 0.199. The molecule has 132 valence electrons. The maximum atomic E-state index is 4.74. The molecule has 0 bridgehead atoms. The number of fused-ring (bicyclic) bond motifs is 1. The van der Waals surface area contributed by atoms with Gasteiger partial charge in [-0.1, -0.05) is 56.4 Å². The van der Waals surface area contributed by atoms with Gasteiger partial charge in [0.05, 0.1) is 6.20 Å². The first-order valence-electron chi connectivity index (χ1n) is 8.69. The van der Waals surface area contributed by atoms with Gasteiger partial charge < -0.3 is 0 Å². The second-order valence-corrected chi connectivity index (χ2v) is 7.80. The third kappa shape index (κ3) is 3.22. The van der Waals surface area contributed by atoms with Crippen molar-refractivity contribution < 1.29 is 0 Å². The SMILES string of the molecule is CC(C)Cc1ccc(C(C)c2nn3c(-c4cnccn4)nnc3s2)cc1. The van der Waals surface area contributed by atoms with Crippen LogP contribution in [0.5, 0.6) is 0 Å². The Kier molecular flexibility index (Phi) is 4.46. The maximum Gasteiger partial charge on any atom is 0.235 e. The fourth-order valence-electron chi connectivity index (χ4n) is 2.94. The van der Waals surface area contributed by atoms with Gasteiger partial charge in [0.2, 0.25) is 10.8 Å². The molecule has 1 atom stereocenters. The molecule has 1 aromatic carbocycles. The normalized spacial score (nSPS) is 12.8. The molecule has 3 aromatic heterocycles. The van der Waals surface area contributed by atoms with Crippen molar-refractivity contribution in [2.45, 2.75) is 33.1 Å². The average molecular weight is 364 g/mol. The number of benzene rings is 1. The van der Waals surface area contributed by atoms with Crippen LogP contribution in [0.15, 0.2) is 42.9 Å². The molecule has 0 aliphatic carbocycles. The standard InChI is InChI=1S/C19H20N6S/c1-12(2)10-14-4-6-15(7-5-14)13(3)18-24-25-17(22-23-19(25)26-18)16-11-20-8-9-21-16/h4-9,11-13H,10H2,1-3H3. The third-order valence-electron chi connectivity index (χ3n) is 4.29. The molecule has 7 heteroatoms. The number of hydrogen-bond acceptors (Lipinski definition) is 6. The summed E-state index contributed by atoms with van der Waals surface area (Å²) in [5.41, 5.74) is 3.30. The maximum absolute atomic E-state index is 4.74. The summed E-state index contributed by atoms with van der Waals surface area (Å²) in [6.07, 6.45) is 6.06. The van der Waals surface area contributed by atoms with Crippen LogP contribution in [-0.2, 0) is 6.42 Å². The van der Waals surface area contributed by atoms with Crippen molar-refractivity contribution in [3.8, 4) is 11.5 Å². The van der Waals surface area contributed by atoms with E-state index in [-0.39, 0.29) is 5.92 Å². The molecule has 0 amide bonds. The second kappa shape index (κ2) is 6.92. The first-order chi connectivity index (χ1) is 12.6. The first kappa shape index (κ1) is 16.8. The van der Waals surface area contributed by atoms with Crippen molar-refractivity contribution in [2.24, 2.45) is 5.92 Å². The molecule has 0 saturated heterocycles. The van der Waals surface area contributed by atoms with Gasteiger partial charge in [-0.05, 0) is 23.5 Å². The monoisotopic (exact) mass is 364 g/mol. The molecule has 6 nitrogen and oxygen atoms in total. The number of aromatic nitrogens is 6. The lowest BCUT2D eigenvalue weighted by molar-refractivity contribution is 0.647. The molecule has 0 fully saturated rings. The topological polar surface area (TPSA) is 68.9 Å². The summed E-state index contributed by atoms with van der Waals surface area (Å²) in [6.45, 7) is 6.65. The van der Waals surface area contributed by atoms with Crippen LogP contribution in [0, 0.1) is 5.92 Å². The van der Waals surface area contributed by atoms with Crippen LogP contribution < -0.4 is 0 Å². The molecular weight excluding hydrogens is 344 g/mol. The van der Waals surface area contributed by atoms with Gasteiger partial charge in [-0.25, -0.2) is 4.98 Å². The summed E-state index contributed by atoms with van der Waals surface area (Å²) in [7, 11) is 0. The Morgan fingerprint density at radius 1 is 1.04 bits per heavy atom. The fraction of sp³-hybridized carbons (Fsp3) is 0.316. The van der Waals surface area contributed by atoms with Crippen molar-refractivity contribution in [2.75, 3.05) is 0 Å². The highest BCUT2D eigenvalue weighted by Crippen LogP contribution is 2.29. The van der Waals surface area contributed by atoms with E-state index in [0.717, 1.165) is 16.4 Å². The second-order valence-electron chi connectivity index (χ2n) is 6.81. The van der Waals surface area contributed by atoms with E-state index in [9.17, 15) is 0 Å². The van der Waals surface area contributed by atoms with E-state index < -0.39 is 0 Å². The summed E-state index contributed by atoms with van der Waals surface area (Å²) < 4.78 is 1.76. The van der Waals surface area contributed by atoms with Crippen molar-refractivity contribution >= 4 is 16.3 Å². The van der Waals surface area contributed by atoms with E-state index in [1.807, 2.05) is 0 Å². The van der Waals surface area contributed by atoms with Gasteiger partial charge in [0.25, 0.3) is 0 Å². The van der Waals surface area contributed by atoms with E-state index in [2.05, 4.69) is 65.2 Å². The summed E-state index contributed by atoms with van der Waals surface area (Å²) in [6, 6.07) is 8.84. The number of nitrogens with zero attached hydrogens (tertiary/aromatic N) is 6. The number of hydrogen-bond donors (Lipinski definition) is 0. The first-order valence-corrected chi connectivity index (χ1v) is 9.51. The average Bonchev–Trinajstić information content (AvgIpc) is 3.22. The third-order valence-corrected chi connectivity index (χ3v) is 5.37. The highest BCUT2D eigenvalue weighted by Gasteiger charge is 2.19. The van der Waals surface area contributed by atoms with Crippen molar-refractivity contribution in [3.63, 3.8) is 0 Å². The van der Waals surface area contributed by atoms with E-state index in [1.165, 1.54) is 11.1 Å². The zero-order valence-corrected chi connectivity index (χ0v) is 15.8. The largest absolute Gasteiger partial charge is 0.261 e. The Morgan fingerprint density at radius 2 is 1.85 bits per heavy atom. The quantitative estimate of drug-likeness (QED) is 0.535. The van der Waals surface area contributed by atoms with Gasteiger partial charge in [0.1, 0.15) is 10.7 Å². The van der Waals surface area contributed by atoms with Crippen LogP contribution in [0.3, 0.4) is 0 Å². The van der Waals surface area contributed by atoms with E-state index in [1.54, 1.807) is 34.4 Å². The Morgan fingerprint density at radius 3 is 2.54 bits per heavy atom. The highest BCUT2D eigenvalue weighted by molar-refractivity contribution is 7.16. The minimum Gasteiger partial charge on any atom is -0.261 e. The molecule has 3 heterocycles. The fourth-order valence-corrected chi connectivity index (χ4v) is 3.86. The Hall–Kier alpha value is -2.67. The van der Waals surface area contributed by atoms with Crippen LogP contribution in [0.2, 0.25) is 0 Å². The minimum absolute atomic E-state index is 0.199. The molecule has 1 unspecified atom stereocenters. The molecular formula is C19H20N6S. The molecule has 0 aliphatic heterocycles. The van der Waals surface area contributed by atoms with Crippen molar-refractivity contribution in [3.05, 3.63) is 59.0 Å². The van der Waals surface area contributed by atoms with Crippen LogP contribution in [0.1, 0.15) is 42.8 Å². The van der Waals surface area contributed by atoms with Gasteiger partial charge in [0, 0.05) is 18.3 Å². The summed E-state index contributed by atoms with van der Waals surface area (Å²) in [5, 5.41) is 14.2. The van der Waals surface area contributed by atoms with E-state index >= 15 is 0 Å². The van der Waals surface area contributed by atoms with E-state index in [4.69, 9.17) is 5.10 Å². The molecule has 0 saturated carbocycles. The Balaban J connectivity index is 1.63. The van der Waals surface area contributed by atoms with Crippen LogP contribution in [-0.4, -0.2) is 29.8 Å².